The van der Waals surface area contributed by atoms with Crippen LogP contribution in [-0.4, -0.2) is 38.3 Å². The van der Waals surface area contributed by atoms with Crippen molar-refractivity contribution in [3.05, 3.63) is 18.5 Å². The Kier molecular flexibility index (Phi) is 4.65. The molecule has 0 radical (unpaired) electrons. The summed E-state index contributed by atoms with van der Waals surface area (Å²) in [5.74, 6) is 0.856. The number of pyridine rings is 1. The summed E-state index contributed by atoms with van der Waals surface area (Å²) in [7, 11) is 1.68. The molecule has 1 saturated heterocycles. The molecule has 1 aliphatic heterocycles. The van der Waals surface area contributed by atoms with Gasteiger partial charge in [-0.05, 0) is 6.07 Å². The zero-order valence-electron chi connectivity index (χ0n) is 8.77. The minimum absolute atomic E-state index is 0. The molecular weight excluding hydrogens is 214 g/mol. The van der Waals surface area contributed by atoms with Crippen LogP contribution in [-0.2, 0) is 0 Å². The van der Waals surface area contributed by atoms with Gasteiger partial charge in [-0.3, -0.25) is 4.98 Å². The molecule has 1 N–H and O–H groups in total. The van der Waals surface area contributed by atoms with E-state index in [2.05, 4.69) is 15.2 Å². The van der Waals surface area contributed by atoms with E-state index in [1.165, 1.54) is 0 Å². The molecule has 84 valence electrons. The molecule has 0 bridgehead atoms. The summed E-state index contributed by atoms with van der Waals surface area (Å²) in [5.41, 5.74) is 1.14. The molecular formula is C10H16ClN3O. The molecule has 1 aliphatic rings. The minimum Gasteiger partial charge on any atom is -0.493 e. The Morgan fingerprint density at radius 2 is 2.13 bits per heavy atom. The van der Waals surface area contributed by atoms with Gasteiger partial charge in [0, 0.05) is 32.4 Å². The quantitative estimate of drug-likeness (QED) is 0.819. The first-order valence-corrected chi connectivity index (χ1v) is 4.85. The molecule has 0 aromatic carbocycles. The second-order valence-corrected chi connectivity index (χ2v) is 3.28. The third kappa shape index (κ3) is 2.73. The van der Waals surface area contributed by atoms with Crippen molar-refractivity contribution < 1.29 is 4.74 Å². The highest BCUT2D eigenvalue weighted by Gasteiger charge is 2.13. The summed E-state index contributed by atoms with van der Waals surface area (Å²) in [6.45, 7) is 4.12. The second-order valence-electron chi connectivity index (χ2n) is 3.28. The number of hydrogen-bond donors (Lipinski definition) is 1. The van der Waals surface area contributed by atoms with Crippen LogP contribution in [0, 0.1) is 0 Å². The molecule has 5 heteroatoms. The van der Waals surface area contributed by atoms with E-state index >= 15 is 0 Å². The lowest BCUT2D eigenvalue weighted by Gasteiger charge is -2.30. The molecule has 2 heterocycles. The number of hydrogen-bond acceptors (Lipinski definition) is 4. The normalized spacial score (nSPS) is 15.7. The SMILES string of the molecule is COc1cnccc1N1CCNCC1.Cl. The van der Waals surface area contributed by atoms with Crippen molar-refractivity contribution in [2.24, 2.45) is 0 Å². The van der Waals surface area contributed by atoms with Gasteiger partial charge >= 0.3 is 0 Å². The van der Waals surface area contributed by atoms with Crippen LogP contribution in [0.2, 0.25) is 0 Å². The van der Waals surface area contributed by atoms with Gasteiger partial charge < -0.3 is 15.0 Å². The fraction of sp³-hybridized carbons (Fsp3) is 0.500. The van der Waals surface area contributed by atoms with Crippen LogP contribution in [0.3, 0.4) is 0 Å². The molecule has 1 aromatic heterocycles. The zero-order chi connectivity index (χ0) is 9.80. The van der Waals surface area contributed by atoms with Gasteiger partial charge in [-0.25, -0.2) is 0 Å². The highest BCUT2D eigenvalue weighted by molar-refractivity contribution is 5.85. The first kappa shape index (κ1) is 12.1. The van der Waals surface area contributed by atoms with E-state index in [0.717, 1.165) is 37.6 Å². The number of anilines is 1. The maximum absolute atomic E-state index is 5.27. The van der Waals surface area contributed by atoms with Crippen LogP contribution in [0.15, 0.2) is 18.5 Å². The standard InChI is InChI=1S/C10H15N3O.ClH/c1-14-10-8-12-3-2-9(10)13-6-4-11-5-7-13;/h2-3,8,11H,4-7H2,1H3;1H. The molecule has 0 unspecified atom stereocenters. The van der Waals surface area contributed by atoms with Crippen molar-refractivity contribution in [2.45, 2.75) is 0 Å². The number of nitrogens with zero attached hydrogens (tertiary/aromatic N) is 2. The molecule has 0 amide bonds. The fourth-order valence-electron chi connectivity index (χ4n) is 1.70. The Balaban J connectivity index is 0.00000112. The van der Waals surface area contributed by atoms with E-state index in [1.54, 1.807) is 19.5 Å². The lowest BCUT2D eigenvalue weighted by atomic mass is 10.3. The van der Waals surface area contributed by atoms with Gasteiger partial charge in [0.1, 0.15) is 0 Å². The molecule has 1 aromatic rings. The smallest absolute Gasteiger partial charge is 0.160 e. The van der Waals surface area contributed by atoms with Crippen LogP contribution in [0.5, 0.6) is 5.75 Å². The van der Waals surface area contributed by atoms with Crippen LogP contribution in [0.4, 0.5) is 5.69 Å². The topological polar surface area (TPSA) is 37.4 Å². The van der Waals surface area contributed by atoms with Gasteiger partial charge in [0.05, 0.1) is 19.0 Å². The number of halogens is 1. The summed E-state index contributed by atoms with van der Waals surface area (Å²) in [6.07, 6.45) is 3.57. The Bertz CT molecular complexity index is 302. The van der Waals surface area contributed by atoms with Gasteiger partial charge in [0.25, 0.3) is 0 Å². The predicted octanol–water partition coefficient (Wildman–Crippen LogP) is 0.922. The van der Waals surface area contributed by atoms with Gasteiger partial charge in [-0.2, -0.15) is 0 Å². The summed E-state index contributed by atoms with van der Waals surface area (Å²) < 4.78 is 5.27. The second kappa shape index (κ2) is 5.78. The maximum Gasteiger partial charge on any atom is 0.160 e. The largest absolute Gasteiger partial charge is 0.493 e. The number of rotatable bonds is 2. The van der Waals surface area contributed by atoms with Crippen molar-refractivity contribution in [2.75, 3.05) is 38.2 Å². The van der Waals surface area contributed by atoms with Gasteiger partial charge in [-0.15, -0.1) is 12.4 Å². The van der Waals surface area contributed by atoms with Crippen LogP contribution in [0.1, 0.15) is 0 Å². The third-order valence-electron chi connectivity index (χ3n) is 2.44. The first-order chi connectivity index (χ1) is 6.92. The van der Waals surface area contributed by atoms with Gasteiger partial charge in [0.15, 0.2) is 5.75 Å². The van der Waals surface area contributed by atoms with Crippen LogP contribution < -0.4 is 15.0 Å². The number of piperazine rings is 1. The number of aromatic nitrogens is 1. The first-order valence-electron chi connectivity index (χ1n) is 4.85. The van der Waals surface area contributed by atoms with Crippen molar-refractivity contribution in [1.82, 2.24) is 10.3 Å². The highest BCUT2D eigenvalue weighted by atomic mass is 35.5. The van der Waals surface area contributed by atoms with Crippen molar-refractivity contribution in [1.29, 1.82) is 0 Å². The lowest BCUT2D eigenvalue weighted by molar-refractivity contribution is 0.411. The third-order valence-corrected chi connectivity index (χ3v) is 2.44. The minimum atomic E-state index is 0. The van der Waals surface area contributed by atoms with Crippen molar-refractivity contribution in [3.8, 4) is 5.75 Å². The number of ether oxygens (including phenoxy) is 1. The Morgan fingerprint density at radius 3 is 2.80 bits per heavy atom. The molecule has 15 heavy (non-hydrogen) atoms. The molecule has 1 fully saturated rings. The Morgan fingerprint density at radius 1 is 1.40 bits per heavy atom. The van der Waals surface area contributed by atoms with E-state index in [4.69, 9.17) is 4.74 Å². The van der Waals surface area contributed by atoms with Crippen molar-refractivity contribution >= 4 is 18.1 Å². The number of nitrogens with one attached hydrogen (secondary N) is 1. The average molecular weight is 230 g/mol. The summed E-state index contributed by atoms with van der Waals surface area (Å²) in [4.78, 5) is 6.36. The predicted molar refractivity (Wildman–Crippen MR) is 63.1 cm³/mol. The maximum atomic E-state index is 5.27. The molecule has 4 nitrogen and oxygen atoms in total. The molecule has 0 atom stereocenters. The highest BCUT2D eigenvalue weighted by Crippen LogP contribution is 2.26. The monoisotopic (exact) mass is 229 g/mol. The van der Waals surface area contributed by atoms with Crippen molar-refractivity contribution in [3.63, 3.8) is 0 Å². The molecule has 0 spiro atoms. The summed E-state index contributed by atoms with van der Waals surface area (Å²) in [5, 5.41) is 3.32. The van der Waals surface area contributed by atoms with E-state index in [0.29, 0.717) is 0 Å². The van der Waals surface area contributed by atoms with E-state index in [9.17, 15) is 0 Å². The Labute approximate surface area is 96.0 Å². The summed E-state index contributed by atoms with van der Waals surface area (Å²) in [6, 6.07) is 2.00. The zero-order valence-corrected chi connectivity index (χ0v) is 9.59. The Hall–Kier alpha value is -1.00. The average Bonchev–Trinajstić information content (AvgIpc) is 2.30. The molecule has 2 rings (SSSR count). The summed E-state index contributed by atoms with van der Waals surface area (Å²) >= 11 is 0. The van der Waals surface area contributed by atoms with Crippen LogP contribution >= 0.6 is 12.4 Å². The molecule has 0 aliphatic carbocycles. The van der Waals surface area contributed by atoms with Crippen LogP contribution in [0.25, 0.3) is 0 Å². The van der Waals surface area contributed by atoms with Gasteiger partial charge in [-0.1, -0.05) is 0 Å². The molecule has 0 saturated carbocycles. The van der Waals surface area contributed by atoms with E-state index in [1.807, 2.05) is 6.07 Å². The lowest BCUT2D eigenvalue weighted by Crippen LogP contribution is -2.43. The fourth-order valence-corrected chi connectivity index (χ4v) is 1.70. The van der Waals surface area contributed by atoms with E-state index < -0.39 is 0 Å². The van der Waals surface area contributed by atoms with Gasteiger partial charge in [0.2, 0.25) is 0 Å². The van der Waals surface area contributed by atoms with E-state index in [-0.39, 0.29) is 12.4 Å². The number of methoxy groups -OCH3 is 1.